The van der Waals surface area contributed by atoms with Crippen molar-refractivity contribution in [2.75, 3.05) is 7.11 Å². The molecule has 0 unspecified atom stereocenters. The fourth-order valence-corrected chi connectivity index (χ4v) is 2.07. The van der Waals surface area contributed by atoms with Crippen LogP contribution in [0.2, 0.25) is 0 Å². The van der Waals surface area contributed by atoms with Crippen molar-refractivity contribution in [3.63, 3.8) is 0 Å². The van der Waals surface area contributed by atoms with Crippen LogP contribution in [0.25, 0.3) is 0 Å². The van der Waals surface area contributed by atoms with Gasteiger partial charge in [-0.2, -0.15) is 0 Å². The molecule has 0 aliphatic rings. The summed E-state index contributed by atoms with van der Waals surface area (Å²) < 4.78 is 5.46. The number of carbonyl (C=O) groups excluding carboxylic acids is 2. The van der Waals surface area contributed by atoms with Crippen LogP contribution in [0.15, 0.2) is 53.0 Å². The smallest absolute Gasteiger partial charge is 0.337 e. The van der Waals surface area contributed by atoms with Crippen LogP contribution in [0, 0.1) is 0 Å². The Morgan fingerprint density at radius 2 is 1.58 bits per heavy atom. The molecule has 0 N–H and O–H groups in total. The average Bonchev–Trinajstić information content (AvgIpc) is 2.46. The summed E-state index contributed by atoms with van der Waals surface area (Å²) in [4.78, 5) is 23.5. The zero-order chi connectivity index (χ0) is 13.8. The van der Waals surface area contributed by atoms with Crippen molar-refractivity contribution in [3.8, 4) is 0 Å². The number of hydrogen-bond donors (Lipinski definition) is 0. The van der Waals surface area contributed by atoms with Crippen molar-refractivity contribution in [1.82, 2.24) is 0 Å². The highest BCUT2D eigenvalue weighted by Gasteiger charge is 2.11. The maximum atomic E-state index is 12.2. The molecule has 0 atom stereocenters. The Kier molecular flexibility index (Phi) is 4.12. The number of carbonyl (C=O) groups is 2. The molecule has 0 heterocycles. The molecular formula is C15H11BrO3. The van der Waals surface area contributed by atoms with Gasteiger partial charge in [0.15, 0.2) is 5.78 Å². The van der Waals surface area contributed by atoms with E-state index in [0.717, 1.165) is 4.47 Å². The van der Waals surface area contributed by atoms with Crippen molar-refractivity contribution in [2.24, 2.45) is 0 Å². The van der Waals surface area contributed by atoms with Gasteiger partial charge in [-0.1, -0.05) is 40.2 Å². The van der Waals surface area contributed by atoms with Crippen LogP contribution in [0.4, 0.5) is 0 Å². The lowest BCUT2D eigenvalue weighted by atomic mass is 10.0. The van der Waals surface area contributed by atoms with Gasteiger partial charge >= 0.3 is 5.97 Å². The summed E-state index contributed by atoms with van der Waals surface area (Å²) in [6.07, 6.45) is 0. The van der Waals surface area contributed by atoms with Gasteiger partial charge in [0.2, 0.25) is 0 Å². The van der Waals surface area contributed by atoms with E-state index >= 15 is 0 Å². The second-order valence-corrected chi connectivity index (χ2v) is 4.82. The summed E-state index contributed by atoms with van der Waals surface area (Å²) in [6.45, 7) is 0. The predicted octanol–water partition coefficient (Wildman–Crippen LogP) is 3.47. The number of benzene rings is 2. The molecule has 0 radical (unpaired) electrons. The minimum absolute atomic E-state index is 0.0854. The molecule has 3 nitrogen and oxygen atoms in total. The Bertz CT molecular complexity index is 618. The van der Waals surface area contributed by atoms with Gasteiger partial charge in [-0.3, -0.25) is 4.79 Å². The van der Waals surface area contributed by atoms with Crippen LogP contribution in [-0.2, 0) is 4.74 Å². The van der Waals surface area contributed by atoms with Crippen LogP contribution < -0.4 is 0 Å². The molecule has 0 aliphatic carbocycles. The summed E-state index contributed by atoms with van der Waals surface area (Å²) in [5, 5.41) is 0. The molecule has 0 fully saturated rings. The summed E-state index contributed by atoms with van der Waals surface area (Å²) >= 11 is 3.33. The first kappa shape index (κ1) is 13.5. The van der Waals surface area contributed by atoms with Gasteiger partial charge in [0, 0.05) is 15.6 Å². The van der Waals surface area contributed by atoms with Crippen molar-refractivity contribution < 1.29 is 14.3 Å². The topological polar surface area (TPSA) is 43.4 Å². The molecule has 0 saturated heterocycles. The van der Waals surface area contributed by atoms with E-state index < -0.39 is 5.97 Å². The summed E-state index contributed by atoms with van der Waals surface area (Å²) in [5.74, 6) is -0.501. The quantitative estimate of drug-likeness (QED) is 0.643. The van der Waals surface area contributed by atoms with Crippen molar-refractivity contribution in [1.29, 1.82) is 0 Å². The Balaban J connectivity index is 2.27. The highest BCUT2D eigenvalue weighted by molar-refractivity contribution is 9.10. The first-order valence-corrected chi connectivity index (χ1v) is 6.40. The molecule has 0 aromatic heterocycles. The van der Waals surface area contributed by atoms with Crippen molar-refractivity contribution in [2.45, 2.75) is 0 Å². The molecule has 2 aromatic carbocycles. The standard InChI is InChI=1S/C15H11BrO3/c1-19-15(18)11-7-5-10(6-8-11)14(17)12-3-2-4-13(16)9-12/h2-9H,1H3. The molecule has 0 aliphatic heterocycles. The minimum Gasteiger partial charge on any atom is -0.465 e. The van der Waals surface area contributed by atoms with Crippen LogP contribution >= 0.6 is 15.9 Å². The molecule has 96 valence electrons. The molecule has 0 saturated carbocycles. The van der Waals surface area contributed by atoms with Crippen molar-refractivity contribution >= 4 is 27.7 Å². The number of ether oxygens (including phenoxy) is 1. The van der Waals surface area contributed by atoms with E-state index in [2.05, 4.69) is 20.7 Å². The zero-order valence-corrected chi connectivity index (χ0v) is 11.8. The Labute approximate surface area is 119 Å². The number of methoxy groups -OCH3 is 1. The maximum Gasteiger partial charge on any atom is 0.337 e. The molecule has 0 amide bonds. The van der Waals surface area contributed by atoms with Crippen LogP contribution in [0.1, 0.15) is 26.3 Å². The number of rotatable bonds is 3. The van der Waals surface area contributed by atoms with Crippen molar-refractivity contribution in [3.05, 3.63) is 69.7 Å². The molecule has 19 heavy (non-hydrogen) atoms. The number of esters is 1. The van der Waals surface area contributed by atoms with Crippen LogP contribution in [0.5, 0.6) is 0 Å². The third kappa shape index (κ3) is 3.09. The molecule has 0 bridgehead atoms. The highest BCUT2D eigenvalue weighted by atomic mass is 79.9. The summed E-state index contributed by atoms with van der Waals surface area (Å²) in [7, 11) is 1.32. The second kappa shape index (κ2) is 5.80. The van der Waals surface area contributed by atoms with Gasteiger partial charge in [0.05, 0.1) is 12.7 Å². The fourth-order valence-electron chi connectivity index (χ4n) is 1.67. The molecule has 2 aromatic rings. The van der Waals surface area contributed by atoms with Gasteiger partial charge in [0.1, 0.15) is 0 Å². The number of halogens is 1. The molecule has 2 rings (SSSR count). The average molecular weight is 319 g/mol. The molecular weight excluding hydrogens is 308 g/mol. The first-order chi connectivity index (χ1) is 9.11. The van der Waals surface area contributed by atoms with Gasteiger partial charge in [-0.25, -0.2) is 4.79 Å². The van der Waals surface area contributed by atoms with Gasteiger partial charge in [-0.05, 0) is 24.3 Å². The highest BCUT2D eigenvalue weighted by Crippen LogP contribution is 2.16. The Morgan fingerprint density at radius 1 is 0.947 bits per heavy atom. The van der Waals surface area contributed by atoms with E-state index in [1.54, 1.807) is 42.5 Å². The van der Waals surface area contributed by atoms with E-state index in [4.69, 9.17) is 0 Å². The van der Waals surface area contributed by atoms with Gasteiger partial charge in [0.25, 0.3) is 0 Å². The van der Waals surface area contributed by atoms with E-state index in [-0.39, 0.29) is 5.78 Å². The Hall–Kier alpha value is -1.94. The maximum absolute atomic E-state index is 12.2. The number of ketones is 1. The normalized spacial score (nSPS) is 10.0. The summed E-state index contributed by atoms with van der Waals surface area (Å²) in [5.41, 5.74) is 1.55. The lowest BCUT2D eigenvalue weighted by Gasteiger charge is -2.03. The molecule has 4 heteroatoms. The first-order valence-electron chi connectivity index (χ1n) is 5.60. The van der Waals surface area contributed by atoms with E-state index in [1.807, 2.05) is 6.07 Å². The van der Waals surface area contributed by atoms with Gasteiger partial charge < -0.3 is 4.74 Å². The molecule has 0 spiro atoms. The predicted molar refractivity (Wildman–Crippen MR) is 75.4 cm³/mol. The van der Waals surface area contributed by atoms with Crippen LogP contribution in [0.3, 0.4) is 0 Å². The second-order valence-electron chi connectivity index (χ2n) is 3.91. The van der Waals surface area contributed by atoms with Crippen LogP contribution in [-0.4, -0.2) is 18.9 Å². The van der Waals surface area contributed by atoms with Gasteiger partial charge in [-0.15, -0.1) is 0 Å². The largest absolute Gasteiger partial charge is 0.465 e. The lowest BCUT2D eigenvalue weighted by Crippen LogP contribution is -2.04. The SMILES string of the molecule is COC(=O)c1ccc(C(=O)c2cccc(Br)c2)cc1. The van der Waals surface area contributed by atoms with E-state index in [9.17, 15) is 9.59 Å². The Morgan fingerprint density at radius 3 is 2.16 bits per heavy atom. The van der Waals surface area contributed by atoms with E-state index in [0.29, 0.717) is 16.7 Å². The number of hydrogen-bond acceptors (Lipinski definition) is 3. The van der Waals surface area contributed by atoms with E-state index in [1.165, 1.54) is 7.11 Å². The minimum atomic E-state index is -0.415. The monoisotopic (exact) mass is 318 g/mol. The summed E-state index contributed by atoms with van der Waals surface area (Å²) in [6, 6.07) is 13.6. The third-order valence-corrected chi connectivity index (χ3v) is 3.15. The zero-order valence-electron chi connectivity index (χ0n) is 10.2. The third-order valence-electron chi connectivity index (χ3n) is 2.65. The fraction of sp³-hybridized carbons (Fsp3) is 0.0667. The lowest BCUT2D eigenvalue weighted by molar-refractivity contribution is 0.0600.